The van der Waals surface area contributed by atoms with Gasteiger partial charge in [0.25, 0.3) is 0 Å². The van der Waals surface area contributed by atoms with E-state index in [-0.39, 0.29) is 0 Å². The van der Waals surface area contributed by atoms with E-state index >= 15 is 0 Å². The maximum absolute atomic E-state index is 5.67. The molecule has 0 aromatic heterocycles. The predicted molar refractivity (Wildman–Crippen MR) is 69.7 cm³/mol. The molecule has 0 aliphatic heterocycles. The predicted octanol–water partition coefficient (Wildman–Crippen LogP) is 2.05. The fourth-order valence-electron chi connectivity index (χ4n) is 2.09. The molecule has 1 fully saturated rings. The molecular weight excluding hydrogens is 210 g/mol. The van der Waals surface area contributed by atoms with Gasteiger partial charge in [-0.15, -0.1) is 0 Å². The number of ether oxygens (including phenoxy) is 1. The summed E-state index contributed by atoms with van der Waals surface area (Å²) in [5.74, 6) is 6.96. The van der Waals surface area contributed by atoms with E-state index in [1.165, 1.54) is 12.8 Å². The Morgan fingerprint density at radius 2 is 2.06 bits per heavy atom. The second-order valence-electron chi connectivity index (χ2n) is 4.50. The molecule has 0 bridgehead atoms. The molecule has 1 N–H and O–H groups in total. The van der Waals surface area contributed by atoms with Crippen molar-refractivity contribution in [2.24, 2.45) is 5.92 Å². The van der Waals surface area contributed by atoms with E-state index in [4.69, 9.17) is 4.74 Å². The van der Waals surface area contributed by atoms with Crippen LogP contribution in [0.15, 0.2) is 30.3 Å². The first-order chi connectivity index (χ1) is 8.38. The molecule has 0 atom stereocenters. The number of rotatable bonds is 4. The van der Waals surface area contributed by atoms with E-state index in [1.807, 2.05) is 37.4 Å². The summed E-state index contributed by atoms with van der Waals surface area (Å²) in [6.07, 6.45) is 2.78. The Balaban J connectivity index is 1.63. The van der Waals surface area contributed by atoms with Crippen molar-refractivity contribution in [1.82, 2.24) is 5.32 Å². The van der Waals surface area contributed by atoms with Crippen molar-refractivity contribution in [3.63, 3.8) is 0 Å². The van der Waals surface area contributed by atoms with E-state index in [1.54, 1.807) is 0 Å². The van der Waals surface area contributed by atoms with Gasteiger partial charge in [-0.05, 0) is 44.5 Å². The highest BCUT2D eigenvalue weighted by Crippen LogP contribution is 2.29. The number of hydrogen-bond donors (Lipinski definition) is 1. The lowest BCUT2D eigenvalue weighted by Gasteiger charge is -2.34. The zero-order valence-electron chi connectivity index (χ0n) is 10.3. The zero-order chi connectivity index (χ0) is 11.9. The summed E-state index contributed by atoms with van der Waals surface area (Å²) < 4.78 is 5.67. The topological polar surface area (TPSA) is 21.3 Å². The molecule has 2 rings (SSSR count). The first-order valence-corrected chi connectivity index (χ1v) is 6.18. The molecular formula is C15H19NO. The summed E-state index contributed by atoms with van der Waals surface area (Å²) in [7, 11) is 2.00. The normalized spacial score (nSPS) is 22.4. The summed E-state index contributed by atoms with van der Waals surface area (Å²) >= 11 is 0. The van der Waals surface area contributed by atoms with Gasteiger partial charge in [0.2, 0.25) is 0 Å². The largest absolute Gasteiger partial charge is 0.366 e. The molecule has 2 heteroatoms. The van der Waals surface area contributed by atoms with E-state index in [0.717, 1.165) is 18.0 Å². The molecule has 1 aromatic carbocycles. The average Bonchev–Trinajstić information content (AvgIpc) is 2.32. The quantitative estimate of drug-likeness (QED) is 0.798. The maximum Gasteiger partial charge on any atom is 0.108 e. The molecule has 0 radical (unpaired) electrons. The van der Waals surface area contributed by atoms with Gasteiger partial charge >= 0.3 is 0 Å². The smallest absolute Gasteiger partial charge is 0.108 e. The van der Waals surface area contributed by atoms with Crippen molar-refractivity contribution in [1.29, 1.82) is 0 Å². The van der Waals surface area contributed by atoms with Crippen molar-refractivity contribution >= 4 is 0 Å². The van der Waals surface area contributed by atoms with Crippen LogP contribution in [0.4, 0.5) is 0 Å². The van der Waals surface area contributed by atoms with Crippen molar-refractivity contribution < 1.29 is 4.74 Å². The SMILES string of the molecule is CNCC1CC(OCC#Cc2ccccc2)C1. The first-order valence-electron chi connectivity index (χ1n) is 6.18. The summed E-state index contributed by atoms with van der Waals surface area (Å²) in [5.41, 5.74) is 1.05. The van der Waals surface area contributed by atoms with Gasteiger partial charge in [0.15, 0.2) is 0 Å². The average molecular weight is 229 g/mol. The van der Waals surface area contributed by atoms with Crippen LogP contribution in [0.25, 0.3) is 0 Å². The number of benzene rings is 1. The molecule has 0 heterocycles. The standard InChI is InChI=1S/C15H19NO/c1-16-12-14-10-15(11-14)17-9-5-8-13-6-3-2-4-7-13/h2-4,6-7,14-16H,9-12H2,1H3. The van der Waals surface area contributed by atoms with Gasteiger partial charge in [0.1, 0.15) is 6.61 Å². The third-order valence-corrected chi connectivity index (χ3v) is 3.08. The molecule has 1 aliphatic carbocycles. The Morgan fingerprint density at radius 1 is 1.29 bits per heavy atom. The minimum absolute atomic E-state index is 0.429. The molecule has 1 saturated carbocycles. The Labute approximate surface area is 103 Å². The molecule has 0 amide bonds. The molecule has 1 aliphatic rings. The lowest BCUT2D eigenvalue weighted by molar-refractivity contribution is -0.0137. The Bertz CT molecular complexity index is 384. The van der Waals surface area contributed by atoms with Crippen molar-refractivity contribution in [2.45, 2.75) is 18.9 Å². The molecule has 17 heavy (non-hydrogen) atoms. The summed E-state index contributed by atoms with van der Waals surface area (Å²) in [6, 6.07) is 10.0. The van der Waals surface area contributed by atoms with Gasteiger partial charge in [-0.3, -0.25) is 0 Å². The van der Waals surface area contributed by atoms with E-state index in [0.29, 0.717) is 12.7 Å². The Morgan fingerprint density at radius 3 is 2.76 bits per heavy atom. The van der Waals surface area contributed by atoms with Gasteiger partial charge in [-0.1, -0.05) is 30.0 Å². The van der Waals surface area contributed by atoms with Crippen LogP contribution in [-0.2, 0) is 4.74 Å². The number of hydrogen-bond acceptors (Lipinski definition) is 2. The van der Waals surface area contributed by atoms with Crippen LogP contribution in [-0.4, -0.2) is 26.3 Å². The van der Waals surface area contributed by atoms with Gasteiger partial charge in [0.05, 0.1) is 6.10 Å². The van der Waals surface area contributed by atoms with Gasteiger partial charge in [0, 0.05) is 5.56 Å². The Hall–Kier alpha value is -1.30. The maximum atomic E-state index is 5.67. The fourth-order valence-corrected chi connectivity index (χ4v) is 2.09. The minimum atomic E-state index is 0.429. The first kappa shape index (κ1) is 12.2. The molecule has 1 aromatic rings. The Kier molecular flexibility index (Phi) is 4.61. The third-order valence-electron chi connectivity index (χ3n) is 3.08. The van der Waals surface area contributed by atoms with E-state index < -0.39 is 0 Å². The summed E-state index contributed by atoms with van der Waals surface area (Å²) in [5, 5.41) is 3.20. The van der Waals surface area contributed by atoms with Gasteiger partial charge in [-0.25, -0.2) is 0 Å². The minimum Gasteiger partial charge on any atom is -0.366 e. The highest BCUT2D eigenvalue weighted by atomic mass is 16.5. The molecule has 0 spiro atoms. The lowest BCUT2D eigenvalue weighted by Crippen LogP contribution is -2.36. The van der Waals surface area contributed by atoms with Gasteiger partial charge in [-0.2, -0.15) is 0 Å². The lowest BCUT2D eigenvalue weighted by atomic mass is 9.82. The van der Waals surface area contributed by atoms with Crippen LogP contribution < -0.4 is 5.32 Å². The number of nitrogens with one attached hydrogen (secondary N) is 1. The molecule has 90 valence electrons. The third kappa shape index (κ3) is 3.89. The van der Waals surface area contributed by atoms with Crippen LogP contribution in [0.5, 0.6) is 0 Å². The zero-order valence-corrected chi connectivity index (χ0v) is 10.3. The highest BCUT2D eigenvalue weighted by molar-refractivity contribution is 5.33. The van der Waals surface area contributed by atoms with Crippen molar-refractivity contribution in [2.75, 3.05) is 20.2 Å². The summed E-state index contributed by atoms with van der Waals surface area (Å²) in [4.78, 5) is 0. The van der Waals surface area contributed by atoms with E-state index in [9.17, 15) is 0 Å². The molecule has 0 saturated heterocycles. The second-order valence-corrected chi connectivity index (χ2v) is 4.50. The summed E-state index contributed by atoms with van der Waals surface area (Å²) in [6.45, 7) is 1.65. The highest BCUT2D eigenvalue weighted by Gasteiger charge is 2.28. The van der Waals surface area contributed by atoms with Crippen molar-refractivity contribution in [3.8, 4) is 11.8 Å². The second kappa shape index (κ2) is 6.44. The van der Waals surface area contributed by atoms with Crippen LogP contribution in [0.1, 0.15) is 18.4 Å². The van der Waals surface area contributed by atoms with Crippen LogP contribution in [0.3, 0.4) is 0 Å². The van der Waals surface area contributed by atoms with Crippen LogP contribution in [0, 0.1) is 17.8 Å². The van der Waals surface area contributed by atoms with Gasteiger partial charge < -0.3 is 10.1 Å². The monoisotopic (exact) mass is 229 g/mol. The van der Waals surface area contributed by atoms with Crippen LogP contribution >= 0.6 is 0 Å². The molecule has 2 nitrogen and oxygen atoms in total. The fraction of sp³-hybridized carbons (Fsp3) is 0.467. The van der Waals surface area contributed by atoms with Crippen molar-refractivity contribution in [3.05, 3.63) is 35.9 Å². The van der Waals surface area contributed by atoms with Crippen LogP contribution in [0.2, 0.25) is 0 Å². The van der Waals surface area contributed by atoms with E-state index in [2.05, 4.69) is 17.2 Å². The molecule has 0 unspecified atom stereocenters.